The van der Waals surface area contributed by atoms with Crippen LogP contribution < -0.4 is 0 Å². The van der Waals surface area contributed by atoms with E-state index in [9.17, 15) is 9.90 Å². The summed E-state index contributed by atoms with van der Waals surface area (Å²) in [6.45, 7) is 0. The van der Waals surface area contributed by atoms with E-state index in [0.29, 0.717) is 11.2 Å². The molecule has 0 radical (unpaired) electrons. The molecule has 2 aromatic heterocycles. The Morgan fingerprint density at radius 2 is 1.45 bits per heavy atom. The molecule has 0 bridgehead atoms. The van der Waals surface area contributed by atoms with Crippen molar-refractivity contribution >= 4 is 27.7 Å². The molecular formula is C18H12O4. The predicted octanol–water partition coefficient (Wildman–Crippen LogP) is 4.10. The minimum absolute atomic E-state index is 0.120. The number of para-hydroxylation sites is 2. The van der Waals surface area contributed by atoms with Gasteiger partial charge in [-0.3, -0.25) is 4.79 Å². The number of Topliss-reactive ketones (excluding diaryl/α,β-unsaturated/α-hetero) is 1. The van der Waals surface area contributed by atoms with Crippen LogP contribution in [0.3, 0.4) is 0 Å². The molecule has 0 fully saturated rings. The standard InChI is InChI=1S/C18H12O4/c19-17(15-9-11-5-1-3-7-13(11)21-15)18(20)16-10-12-6-2-4-8-14(12)22-16/h1-10,17,19H/t17-/m1/s1. The zero-order valence-electron chi connectivity index (χ0n) is 11.5. The minimum atomic E-state index is -1.38. The first kappa shape index (κ1) is 12.9. The first-order valence-electron chi connectivity index (χ1n) is 6.92. The Labute approximate surface area is 125 Å². The van der Waals surface area contributed by atoms with Gasteiger partial charge in [0, 0.05) is 10.8 Å². The first-order chi connectivity index (χ1) is 10.7. The van der Waals surface area contributed by atoms with Gasteiger partial charge in [0.25, 0.3) is 0 Å². The lowest BCUT2D eigenvalue weighted by atomic mass is 10.1. The summed E-state index contributed by atoms with van der Waals surface area (Å²) < 4.78 is 11.0. The maximum absolute atomic E-state index is 12.4. The fourth-order valence-corrected chi connectivity index (χ4v) is 2.50. The van der Waals surface area contributed by atoms with E-state index in [1.54, 1.807) is 24.3 Å². The zero-order chi connectivity index (χ0) is 15.1. The van der Waals surface area contributed by atoms with Gasteiger partial charge in [-0.15, -0.1) is 0 Å². The van der Waals surface area contributed by atoms with E-state index in [1.165, 1.54) is 0 Å². The van der Waals surface area contributed by atoms with Gasteiger partial charge >= 0.3 is 0 Å². The van der Waals surface area contributed by atoms with Crippen LogP contribution in [0.1, 0.15) is 22.4 Å². The number of furan rings is 2. The van der Waals surface area contributed by atoms with Gasteiger partial charge in [0.2, 0.25) is 5.78 Å². The summed E-state index contributed by atoms with van der Waals surface area (Å²) in [5.74, 6) is -0.184. The molecule has 0 aliphatic heterocycles. The van der Waals surface area contributed by atoms with E-state index in [-0.39, 0.29) is 11.5 Å². The highest BCUT2D eigenvalue weighted by atomic mass is 16.4. The third kappa shape index (κ3) is 2.01. The lowest BCUT2D eigenvalue weighted by molar-refractivity contribution is 0.0679. The Balaban J connectivity index is 1.71. The Kier molecular flexibility index (Phi) is 2.84. The highest BCUT2D eigenvalue weighted by Crippen LogP contribution is 2.28. The number of aliphatic hydroxyl groups is 1. The highest BCUT2D eigenvalue weighted by molar-refractivity contribution is 6.00. The molecular weight excluding hydrogens is 280 g/mol. The molecule has 0 saturated heterocycles. The number of hydrogen-bond donors (Lipinski definition) is 1. The number of hydrogen-bond acceptors (Lipinski definition) is 4. The molecule has 4 nitrogen and oxygen atoms in total. The summed E-state index contributed by atoms with van der Waals surface area (Å²) >= 11 is 0. The summed E-state index contributed by atoms with van der Waals surface area (Å²) in [5.41, 5.74) is 1.25. The second kappa shape index (κ2) is 4.86. The number of carbonyl (C=O) groups excluding carboxylic acids is 1. The lowest BCUT2D eigenvalue weighted by Gasteiger charge is -2.03. The third-order valence-corrected chi connectivity index (χ3v) is 3.63. The number of aliphatic hydroxyl groups excluding tert-OH is 1. The van der Waals surface area contributed by atoms with E-state index < -0.39 is 11.9 Å². The average molecular weight is 292 g/mol. The van der Waals surface area contributed by atoms with Crippen molar-refractivity contribution in [2.75, 3.05) is 0 Å². The van der Waals surface area contributed by atoms with Crippen molar-refractivity contribution in [2.24, 2.45) is 0 Å². The molecule has 1 atom stereocenters. The van der Waals surface area contributed by atoms with Crippen molar-refractivity contribution < 1.29 is 18.7 Å². The Bertz CT molecular complexity index is 911. The molecule has 0 saturated carbocycles. The molecule has 4 heteroatoms. The maximum Gasteiger partial charge on any atom is 0.234 e. The van der Waals surface area contributed by atoms with Gasteiger partial charge in [-0.05, 0) is 24.3 Å². The fourth-order valence-electron chi connectivity index (χ4n) is 2.50. The third-order valence-electron chi connectivity index (χ3n) is 3.63. The second-order valence-corrected chi connectivity index (χ2v) is 5.10. The summed E-state index contributed by atoms with van der Waals surface area (Å²) in [6.07, 6.45) is -1.38. The summed E-state index contributed by atoms with van der Waals surface area (Å²) in [5, 5.41) is 11.9. The van der Waals surface area contributed by atoms with Crippen LogP contribution in [0.2, 0.25) is 0 Å². The number of benzene rings is 2. The summed E-state index contributed by atoms with van der Waals surface area (Å²) in [4.78, 5) is 12.4. The van der Waals surface area contributed by atoms with E-state index in [2.05, 4.69) is 0 Å². The molecule has 0 unspecified atom stereocenters. The van der Waals surface area contributed by atoms with Crippen LogP contribution in [0.4, 0.5) is 0 Å². The molecule has 1 N–H and O–H groups in total. The molecule has 4 rings (SSSR count). The molecule has 0 aliphatic carbocycles. The van der Waals surface area contributed by atoms with Gasteiger partial charge < -0.3 is 13.9 Å². The normalized spacial score (nSPS) is 12.8. The van der Waals surface area contributed by atoms with Crippen LogP contribution >= 0.6 is 0 Å². The largest absolute Gasteiger partial charge is 0.458 e. The van der Waals surface area contributed by atoms with Crippen molar-refractivity contribution in [3.05, 3.63) is 72.2 Å². The number of carbonyl (C=O) groups is 1. The molecule has 0 aliphatic rings. The molecule has 108 valence electrons. The van der Waals surface area contributed by atoms with Crippen LogP contribution in [0.5, 0.6) is 0 Å². The minimum Gasteiger partial charge on any atom is -0.458 e. The Morgan fingerprint density at radius 3 is 2.09 bits per heavy atom. The fraction of sp³-hybridized carbons (Fsp3) is 0.0556. The van der Waals surface area contributed by atoms with Crippen molar-refractivity contribution in [3.63, 3.8) is 0 Å². The van der Waals surface area contributed by atoms with Crippen molar-refractivity contribution in [3.8, 4) is 0 Å². The molecule has 0 amide bonds. The lowest BCUT2D eigenvalue weighted by Crippen LogP contribution is -2.10. The van der Waals surface area contributed by atoms with Crippen LogP contribution in [0, 0.1) is 0 Å². The van der Waals surface area contributed by atoms with Gasteiger partial charge in [-0.25, -0.2) is 0 Å². The molecule has 0 spiro atoms. The van der Waals surface area contributed by atoms with Crippen molar-refractivity contribution in [2.45, 2.75) is 6.10 Å². The van der Waals surface area contributed by atoms with Gasteiger partial charge in [0.15, 0.2) is 11.9 Å². The smallest absolute Gasteiger partial charge is 0.234 e. The number of ketones is 1. The molecule has 2 aromatic carbocycles. The molecule has 2 heterocycles. The quantitative estimate of drug-likeness (QED) is 0.577. The highest BCUT2D eigenvalue weighted by Gasteiger charge is 2.25. The van der Waals surface area contributed by atoms with Gasteiger partial charge in [-0.2, -0.15) is 0 Å². The summed E-state index contributed by atoms with van der Waals surface area (Å²) in [7, 11) is 0. The van der Waals surface area contributed by atoms with E-state index in [0.717, 1.165) is 10.8 Å². The second-order valence-electron chi connectivity index (χ2n) is 5.10. The number of rotatable bonds is 3. The van der Waals surface area contributed by atoms with Crippen LogP contribution in [-0.4, -0.2) is 10.9 Å². The maximum atomic E-state index is 12.4. The topological polar surface area (TPSA) is 63.6 Å². The van der Waals surface area contributed by atoms with Gasteiger partial charge in [-0.1, -0.05) is 36.4 Å². The monoisotopic (exact) mass is 292 g/mol. The van der Waals surface area contributed by atoms with Gasteiger partial charge in [0.05, 0.1) is 0 Å². The Hall–Kier alpha value is -2.85. The SMILES string of the molecule is O=C(c1cc2ccccc2o1)[C@H](O)c1cc2ccccc2o1. The van der Waals surface area contributed by atoms with Crippen molar-refractivity contribution in [1.82, 2.24) is 0 Å². The number of fused-ring (bicyclic) bond motifs is 2. The van der Waals surface area contributed by atoms with Gasteiger partial charge in [0.1, 0.15) is 16.9 Å². The van der Waals surface area contributed by atoms with E-state index in [1.807, 2.05) is 36.4 Å². The molecule has 22 heavy (non-hydrogen) atoms. The molecule has 4 aromatic rings. The van der Waals surface area contributed by atoms with Crippen LogP contribution in [0.25, 0.3) is 21.9 Å². The Morgan fingerprint density at radius 1 is 0.864 bits per heavy atom. The zero-order valence-corrected chi connectivity index (χ0v) is 11.5. The van der Waals surface area contributed by atoms with Crippen LogP contribution in [-0.2, 0) is 0 Å². The van der Waals surface area contributed by atoms with Crippen molar-refractivity contribution in [1.29, 1.82) is 0 Å². The van der Waals surface area contributed by atoms with E-state index >= 15 is 0 Å². The predicted molar refractivity (Wildman–Crippen MR) is 81.7 cm³/mol. The average Bonchev–Trinajstić information content (AvgIpc) is 3.16. The summed E-state index contributed by atoms with van der Waals surface area (Å²) in [6, 6.07) is 18.0. The van der Waals surface area contributed by atoms with E-state index in [4.69, 9.17) is 8.83 Å². The first-order valence-corrected chi connectivity index (χ1v) is 6.92. The van der Waals surface area contributed by atoms with Crippen LogP contribution in [0.15, 0.2) is 69.5 Å².